The Bertz CT molecular complexity index is 204. The van der Waals surface area contributed by atoms with Gasteiger partial charge in [-0.25, -0.2) is 0 Å². The summed E-state index contributed by atoms with van der Waals surface area (Å²) in [4.78, 5) is 0. The van der Waals surface area contributed by atoms with E-state index in [1.807, 2.05) is 0 Å². The first-order valence-electron chi connectivity index (χ1n) is 7.72. The SMILES string of the molecule is CCCNC1CCC(C(C)(C)C)CC1CCC. The van der Waals surface area contributed by atoms with Gasteiger partial charge in [-0.15, -0.1) is 0 Å². The number of hydrogen-bond acceptors (Lipinski definition) is 1. The smallest absolute Gasteiger partial charge is 0.00955 e. The molecule has 0 radical (unpaired) electrons. The molecular formula is C16H33N. The maximum atomic E-state index is 3.78. The molecule has 0 aromatic heterocycles. The summed E-state index contributed by atoms with van der Waals surface area (Å²) >= 11 is 0. The fourth-order valence-electron chi connectivity index (χ4n) is 3.34. The zero-order valence-corrected chi connectivity index (χ0v) is 12.7. The first kappa shape index (κ1) is 15.0. The number of rotatable bonds is 5. The van der Waals surface area contributed by atoms with Crippen LogP contribution in [0.25, 0.3) is 0 Å². The van der Waals surface area contributed by atoms with E-state index >= 15 is 0 Å². The van der Waals surface area contributed by atoms with E-state index in [1.165, 1.54) is 45.1 Å². The van der Waals surface area contributed by atoms with E-state index in [0.717, 1.165) is 17.9 Å². The molecule has 0 aromatic rings. The lowest BCUT2D eigenvalue weighted by atomic mass is 9.66. The van der Waals surface area contributed by atoms with Gasteiger partial charge in [0.2, 0.25) is 0 Å². The molecule has 3 atom stereocenters. The third-order valence-electron chi connectivity index (χ3n) is 4.52. The van der Waals surface area contributed by atoms with Crippen LogP contribution in [0, 0.1) is 17.3 Å². The van der Waals surface area contributed by atoms with Crippen molar-refractivity contribution < 1.29 is 0 Å². The van der Waals surface area contributed by atoms with Gasteiger partial charge in [-0.1, -0.05) is 41.0 Å². The number of nitrogens with one attached hydrogen (secondary N) is 1. The van der Waals surface area contributed by atoms with Crippen molar-refractivity contribution in [1.29, 1.82) is 0 Å². The topological polar surface area (TPSA) is 12.0 Å². The summed E-state index contributed by atoms with van der Waals surface area (Å²) in [6.07, 6.45) is 8.27. The van der Waals surface area contributed by atoms with Crippen LogP contribution in [0.15, 0.2) is 0 Å². The second-order valence-corrected chi connectivity index (χ2v) is 6.99. The van der Waals surface area contributed by atoms with Crippen molar-refractivity contribution in [3.8, 4) is 0 Å². The van der Waals surface area contributed by atoms with Crippen molar-refractivity contribution in [3.63, 3.8) is 0 Å². The maximum absolute atomic E-state index is 3.78. The van der Waals surface area contributed by atoms with E-state index in [-0.39, 0.29) is 0 Å². The van der Waals surface area contributed by atoms with Crippen molar-refractivity contribution in [3.05, 3.63) is 0 Å². The Morgan fingerprint density at radius 1 is 1.06 bits per heavy atom. The summed E-state index contributed by atoms with van der Waals surface area (Å²) in [5.41, 5.74) is 0.502. The van der Waals surface area contributed by atoms with E-state index in [2.05, 4.69) is 39.9 Å². The Balaban J connectivity index is 2.54. The first-order valence-corrected chi connectivity index (χ1v) is 7.72. The van der Waals surface area contributed by atoms with Gasteiger partial charge in [0.25, 0.3) is 0 Å². The Morgan fingerprint density at radius 3 is 2.29 bits per heavy atom. The highest BCUT2D eigenvalue weighted by Gasteiger charge is 2.34. The Kier molecular flexibility index (Phi) is 5.99. The Labute approximate surface area is 109 Å². The lowest BCUT2D eigenvalue weighted by Gasteiger charge is -2.42. The molecule has 1 aliphatic carbocycles. The highest BCUT2D eigenvalue weighted by atomic mass is 14.9. The molecule has 1 nitrogen and oxygen atoms in total. The molecule has 0 saturated heterocycles. The van der Waals surface area contributed by atoms with Gasteiger partial charge in [0.05, 0.1) is 0 Å². The minimum atomic E-state index is 0.502. The summed E-state index contributed by atoms with van der Waals surface area (Å²) in [6, 6.07) is 0.800. The highest BCUT2D eigenvalue weighted by Crippen LogP contribution is 2.41. The van der Waals surface area contributed by atoms with Gasteiger partial charge in [0.15, 0.2) is 0 Å². The van der Waals surface area contributed by atoms with E-state index in [4.69, 9.17) is 0 Å². The van der Waals surface area contributed by atoms with Crippen molar-refractivity contribution in [2.45, 2.75) is 79.2 Å². The predicted octanol–water partition coefficient (Wildman–Crippen LogP) is 4.62. The normalized spacial score (nSPS) is 30.5. The van der Waals surface area contributed by atoms with Crippen LogP contribution in [0.1, 0.15) is 73.1 Å². The zero-order chi connectivity index (χ0) is 12.9. The molecule has 0 heterocycles. The number of hydrogen-bond donors (Lipinski definition) is 1. The van der Waals surface area contributed by atoms with E-state index in [1.54, 1.807) is 0 Å². The Hall–Kier alpha value is -0.0400. The van der Waals surface area contributed by atoms with Crippen LogP contribution in [0.4, 0.5) is 0 Å². The van der Waals surface area contributed by atoms with Crippen LogP contribution in [0.3, 0.4) is 0 Å². The average Bonchev–Trinajstić information content (AvgIpc) is 2.26. The quantitative estimate of drug-likeness (QED) is 0.738. The third kappa shape index (κ3) is 4.62. The Morgan fingerprint density at radius 2 is 1.76 bits per heavy atom. The van der Waals surface area contributed by atoms with Gasteiger partial charge >= 0.3 is 0 Å². The minimum Gasteiger partial charge on any atom is -0.314 e. The van der Waals surface area contributed by atoms with Gasteiger partial charge in [-0.05, 0) is 55.9 Å². The predicted molar refractivity (Wildman–Crippen MR) is 77.3 cm³/mol. The van der Waals surface area contributed by atoms with E-state index < -0.39 is 0 Å². The molecule has 3 unspecified atom stereocenters. The van der Waals surface area contributed by atoms with Crippen molar-refractivity contribution in [1.82, 2.24) is 5.32 Å². The van der Waals surface area contributed by atoms with Crippen LogP contribution < -0.4 is 5.32 Å². The van der Waals surface area contributed by atoms with Crippen LogP contribution >= 0.6 is 0 Å². The molecule has 0 aliphatic heterocycles. The molecule has 17 heavy (non-hydrogen) atoms. The molecule has 0 spiro atoms. The summed E-state index contributed by atoms with van der Waals surface area (Å²) in [6.45, 7) is 13.0. The van der Waals surface area contributed by atoms with E-state index in [9.17, 15) is 0 Å². The lowest BCUT2D eigenvalue weighted by Crippen LogP contribution is -2.43. The van der Waals surface area contributed by atoms with Crippen LogP contribution in [-0.2, 0) is 0 Å². The molecule has 0 amide bonds. The van der Waals surface area contributed by atoms with E-state index in [0.29, 0.717) is 5.41 Å². The summed E-state index contributed by atoms with van der Waals surface area (Å²) in [5.74, 6) is 1.85. The van der Waals surface area contributed by atoms with Crippen molar-refractivity contribution >= 4 is 0 Å². The first-order chi connectivity index (χ1) is 7.99. The molecule has 102 valence electrons. The molecule has 1 aliphatic rings. The summed E-state index contributed by atoms with van der Waals surface area (Å²) < 4.78 is 0. The molecule has 1 heteroatoms. The van der Waals surface area contributed by atoms with Gasteiger partial charge in [0.1, 0.15) is 0 Å². The van der Waals surface area contributed by atoms with Crippen LogP contribution in [0.5, 0.6) is 0 Å². The van der Waals surface area contributed by atoms with Crippen LogP contribution in [-0.4, -0.2) is 12.6 Å². The van der Waals surface area contributed by atoms with Gasteiger partial charge in [0, 0.05) is 6.04 Å². The fraction of sp³-hybridized carbons (Fsp3) is 1.00. The summed E-state index contributed by atoms with van der Waals surface area (Å²) in [5, 5.41) is 3.78. The highest BCUT2D eigenvalue weighted by molar-refractivity contribution is 4.88. The van der Waals surface area contributed by atoms with Crippen molar-refractivity contribution in [2.24, 2.45) is 17.3 Å². The molecule has 1 fully saturated rings. The lowest BCUT2D eigenvalue weighted by molar-refractivity contribution is 0.109. The summed E-state index contributed by atoms with van der Waals surface area (Å²) in [7, 11) is 0. The average molecular weight is 239 g/mol. The molecular weight excluding hydrogens is 206 g/mol. The van der Waals surface area contributed by atoms with Crippen LogP contribution in [0.2, 0.25) is 0 Å². The standard InChI is InChI=1S/C16H33N/c1-6-8-13-12-14(16(3,4)5)9-10-15(13)17-11-7-2/h13-15,17H,6-12H2,1-5H3. The maximum Gasteiger partial charge on any atom is 0.00955 e. The molecule has 1 rings (SSSR count). The second kappa shape index (κ2) is 6.78. The van der Waals surface area contributed by atoms with Gasteiger partial charge in [-0.2, -0.15) is 0 Å². The molecule has 0 bridgehead atoms. The minimum absolute atomic E-state index is 0.502. The molecule has 1 saturated carbocycles. The van der Waals surface area contributed by atoms with Crippen molar-refractivity contribution in [2.75, 3.05) is 6.54 Å². The molecule has 1 N–H and O–H groups in total. The van der Waals surface area contributed by atoms with Gasteiger partial charge < -0.3 is 5.32 Å². The fourth-order valence-corrected chi connectivity index (χ4v) is 3.34. The second-order valence-electron chi connectivity index (χ2n) is 6.99. The largest absolute Gasteiger partial charge is 0.314 e. The molecule has 0 aromatic carbocycles. The zero-order valence-electron chi connectivity index (χ0n) is 12.7. The van der Waals surface area contributed by atoms with Gasteiger partial charge in [-0.3, -0.25) is 0 Å². The third-order valence-corrected chi connectivity index (χ3v) is 4.52. The monoisotopic (exact) mass is 239 g/mol.